The van der Waals surface area contributed by atoms with Crippen molar-refractivity contribution in [3.05, 3.63) is 108 Å². The van der Waals surface area contributed by atoms with Crippen LogP contribution in [0.25, 0.3) is 21.8 Å². The summed E-state index contributed by atoms with van der Waals surface area (Å²) >= 11 is 1.49. The fourth-order valence-electron chi connectivity index (χ4n) is 5.74. The molecule has 2 heterocycles. The summed E-state index contributed by atoms with van der Waals surface area (Å²) in [6, 6.07) is 20.2. The number of carbonyl (C=O) groups is 4. The third-order valence-corrected chi connectivity index (χ3v) is 8.97. The Morgan fingerprint density at radius 1 is 0.688 bits per heavy atom. The van der Waals surface area contributed by atoms with Crippen LogP contribution < -0.4 is 21.7 Å². The van der Waals surface area contributed by atoms with Gasteiger partial charge in [-0.15, -0.1) is 0 Å². The van der Waals surface area contributed by atoms with E-state index in [-0.39, 0.29) is 25.7 Å². The maximum absolute atomic E-state index is 13.8. The van der Waals surface area contributed by atoms with Crippen molar-refractivity contribution >= 4 is 57.3 Å². The average molecular weight is 669 g/mol. The van der Waals surface area contributed by atoms with Gasteiger partial charge in [0.25, 0.3) is 0 Å². The fourth-order valence-corrected chi connectivity index (χ4v) is 6.21. The first-order chi connectivity index (χ1) is 23.2. The standard InChI is InChI=1S/C36H40N6O5S/c1-48-16-15-30(34(44)42-32(36(46)47)19-24-21-39-29-14-8-6-12-26(24)29)40-35(45)31(17-22-9-3-2-4-10-22)41-33(43)27(37)18-23-20-38-28-13-7-5-11-25(23)28/h2-14,20-21,27,30-32,38-39H,15-19,37H2,1H3,(H,40,45)(H,41,43)(H,42,44)(H,46,47). The Hall–Kier alpha value is -5.07. The van der Waals surface area contributed by atoms with Crippen molar-refractivity contribution in [3.63, 3.8) is 0 Å². The second-order valence-electron chi connectivity index (χ2n) is 11.7. The van der Waals surface area contributed by atoms with Gasteiger partial charge in [0.05, 0.1) is 6.04 Å². The molecule has 11 nitrogen and oxygen atoms in total. The van der Waals surface area contributed by atoms with E-state index in [1.807, 2.05) is 91.3 Å². The molecule has 0 aliphatic carbocycles. The number of H-pyrrole nitrogens is 2. The molecule has 5 rings (SSSR count). The summed E-state index contributed by atoms with van der Waals surface area (Å²) in [6.45, 7) is 0. The molecule has 4 atom stereocenters. The molecule has 0 spiro atoms. The number of nitrogens with one attached hydrogen (secondary N) is 5. The molecule has 0 saturated carbocycles. The summed E-state index contributed by atoms with van der Waals surface area (Å²) in [4.78, 5) is 59.4. The Morgan fingerprint density at radius 2 is 1.21 bits per heavy atom. The first-order valence-electron chi connectivity index (χ1n) is 15.8. The van der Waals surface area contributed by atoms with Crippen LogP contribution in [0.1, 0.15) is 23.1 Å². The molecular weight excluding hydrogens is 629 g/mol. The Morgan fingerprint density at radius 3 is 1.81 bits per heavy atom. The van der Waals surface area contributed by atoms with Crippen molar-refractivity contribution in [2.24, 2.45) is 5.73 Å². The molecule has 0 fully saturated rings. The molecule has 0 saturated heterocycles. The van der Waals surface area contributed by atoms with Crippen LogP contribution in [0.4, 0.5) is 0 Å². The average Bonchev–Trinajstić information content (AvgIpc) is 3.70. The molecule has 2 aromatic heterocycles. The number of thioether (sulfide) groups is 1. The topological polar surface area (TPSA) is 182 Å². The van der Waals surface area contributed by atoms with E-state index in [0.717, 1.165) is 38.5 Å². The number of carboxylic acid groups (broad SMARTS) is 1. The minimum atomic E-state index is -1.23. The Kier molecular flexibility index (Phi) is 11.5. The van der Waals surface area contributed by atoms with Crippen LogP contribution in [0.3, 0.4) is 0 Å². The van der Waals surface area contributed by atoms with Crippen molar-refractivity contribution < 1.29 is 24.3 Å². The van der Waals surface area contributed by atoms with Crippen LogP contribution in [0.15, 0.2) is 91.3 Å². The van der Waals surface area contributed by atoms with Crippen molar-refractivity contribution in [3.8, 4) is 0 Å². The summed E-state index contributed by atoms with van der Waals surface area (Å²) < 4.78 is 0. The van der Waals surface area contributed by atoms with Crippen molar-refractivity contribution in [2.45, 2.75) is 49.9 Å². The lowest BCUT2D eigenvalue weighted by atomic mass is 10.0. The number of aromatic nitrogens is 2. The lowest BCUT2D eigenvalue weighted by Crippen LogP contribution is -2.58. The van der Waals surface area contributed by atoms with Crippen LogP contribution in [-0.2, 0) is 38.4 Å². The largest absolute Gasteiger partial charge is 0.480 e. The predicted molar refractivity (Wildman–Crippen MR) is 189 cm³/mol. The zero-order chi connectivity index (χ0) is 34.0. The second kappa shape index (κ2) is 16.2. The monoisotopic (exact) mass is 668 g/mol. The van der Waals surface area contributed by atoms with Gasteiger partial charge in [-0.2, -0.15) is 11.8 Å². The Balaban J connectivity index is 1.30. The zero-order valence-electron chi connectivity index (χ0n) is 26.6. The van der Waals surface area contributed by atoms with Crippen LogP contribution >= 0.6 is 11.8 Å². The van der Waals surface area contributed by atoms with Gasteiger partial charge in [-0.05, 0) is 53.7 Å². The van der Waals surface area contributed by atoms with Crippen molar-refractivity contribution in [1.82, 2.24) is 25.9 Å². The number of aliphatic carboxylic acids is 1. The Bertz CT molecular complexity index is 1870. The van der Waals surface area contributed by atoms with Gasteiger partial charge in [-0.1, -0.05) is 66.7 Å². The number of rotatable bonds is 16. The predicted octanol–water partition coefficient (Wildman–Crippen LogP) is 3.30. The van der Waals surface area contributed by atoms with Gasteiger partial charge in [0, 0.05) is 47.0 Å². The number of benzene rings is 3. The van der Waals surface area contributed by atoms with E-state index in [9.17, 15) is 24.3 Å². The van der Waals surface area contributed by atoms with Crippen molar-refractivity contribution in [1.29, 1.82) is 0 Å². The summed E-state index contributed by atoms with van der Waals surface area (Å²) in [7, 11) is 0. The molecule has 3 aromatic carbocycles. The van der Waals surface area contributed by atoms with Gasteiger partial charge in [-0.25, -0.2) is 4.79 Å². The van der Waals surface area contributed by atoms with Crippen LogP contribution in [-0.4, -0.2) is 74.9 Å². The van der Waals surface area contributed by atoms with E-state index < -0.39 is 47.9 Å². The number of fused-ring (bicyclic) bond motifs is 2. The lowest BCUT2D eigenvalue weighted by molar-refractivity contribution is -0.142. The molecule has 3 amide bonds. The molecule has 12 heteroatoms. The summed E-state index contributed by atoms with van der Waals surface area (Å²) in [6.07, 6.45) is 6.15. The number of amides is 3. The van der Waals surface area contributed by atoms with Gasteiger partial charge in [-0.3, -0.25) is 14.4 Å². The maximum atomic E-state index is 13.8. The van der Waals surface area contributed by atoms with E-state index in [1.54, 1.807) is 6.20 Å². The number of aromatic amines is 2. The molecule has 0 aliphatic rings. The van der Waals surface area contributed by atoms with Gasteiger partial charge in [0.1, 0.15) is 18.1 Å². The first kappa shape index (κ1) is 34.3. The van der Waals surface area contributed by atoms with Gasteiger partial charge in [0.2, 0.25) is 17.7 Å². The highest BCUT2D eigenvalue weighted by Crippen LogP contribution is 2.20. The number of carboxylic acids is 1. The quantitative estimate of drug-likeness (QED) is 0.0842. The van der Waals surface area contributed by atoms with E-state index >= 15 is 0 Å². The van der Waals surface area contributed by atoms with E-state index in [0.29, 0.717) is 5.75 Å². The summed E-state index contributed by atoms with van der Waals surface area (Å²) in [5.41, 5.74) is 10.6. The minimum absolute atomic E-state index is 0.0509. The fraction of sp³-hybridized carbons (Fsp3) is 0.278. The summed E-state index contributed by atoms with van der Waals surface area (Å²) in [5, 5.41) is 20.1. The Labute approximate surface area is 282 Å². The van der Waals surface area contributed by atoms with E-state index in [4.69, 9.17) is 5.73 Å². The molecule has 5 aromatic rings. The van der Waals surface area contributed by atoms with Crippen molar-refractivity contribution in [2.75, 3.05) is 12.0 Å². The molecule has 0 aliphatic heterocycles. The molecule has 0 radical (unpaired) electrons. The highest BCUT2D eigenvalue weighted by atomic mass is 32.2. The number of nitrogens with two attached hydrogens (primary N) is 1. The highest BCUT2D eigenvalue weighted by molar-refractivity contribution is 7.98. The SMILES string of the molecule is CSCCC(NC(=O)C(Cc1ccccc1)NC(=O)C(N)Cc1c[nH]c2ccccc12)C(=O)NC(Cc1c[nH]c2ccccc12)C(=O)O. The summed E-state index contributed by atoms with van der Waals surface area (Å²) in [5.74, 6) is -2.36. The van der Waals surface area contributed by atoms with Gasteiger partial charge < -0.3 is 36.8 Å². The third-order valence-electron chi connectivity index (χ3n) is 8.32. The van der Waals surface area contributed by atoms with E-state index in [1.165, 1.54) is 11.8 Å². The van der Waals surface area contributed by atoms with Crippen LogP contribution in [0.5, 0.6) is 0 Å². The van der Waals surface area contributed by atoms with Crippen LogP contribution in [0, 0.1) is 0 Å². The minimum Gasteiger partial charge on any atom is -0.480 e. The number of carbonyl (C=O) groups excluding carboxylic acids is 3. The number of hydrogen-bond acceptors (Lipinski definition) is 6. The smallest absolute Gasteiger partial charge is 0.326 e. The second-order valence-corrected chi connectivity index (χ2v) is 12.7. The number of para-hydroxylation sites is 2. The van der Waals surface area contributed by atoms with Gasteiger partial charge >= 0.3 is 5.97 Å². The van der Waals surface area contributed by atoms with Crippen LogP contribution in [0.2, 0.25) is 0 Å². The first-order valence-corrected chi connectivity index (χ1v) is 17.1. The molecule has 0 bridgehead atoms. The highest BCUT2D eigenvalue weighted by Gasteiger charge is 2.31. The molecule has 8 N–H and O–H groups in total. The lowest BCUT2D eigenvalue weighted by Gasteiger charge is -2.25. The maximum Gasteiger partial charge on any atom is 0.326 e. The molecule has 4 unspecified atom stereocenters. The molecular formula is C36H40N6O5S. The number of hydrogen-bond donors (Lipinski definition) is 7. The normalized spacial score (nSPS) is 13.8. The molecule has 250 valence electrons. The van der Waals surface area contributed by atoms with E-state index in [2.05, 4.69) is 25.9 Å². The van der Waals surface area contributed by atoms with Gasteiger partial charge in [0.15, 0.2) is 0 Å². The molecule has 48 heavy (non-hydrogen) atoms. The third kappa shape index (κ3) is 8.64. The zero-order valence-corrected chi connectivity index (χ0v) is 27.4.